The summed E-state index contributed by atoms with van der Waals surface area (Å²) >= 11 is 0. The van der Waals surface area contributed by atoms with Crippen molar-refractivity contribution in [2.45, 2.75) is 57.7 Å². The molecule has 0 saturated carbocycles. The van der Waals surface area contributed by atoms with Gasteiger partial charge in [-0.1, -0.05) is 20.8 Å². The largest absolute Gasteiger partial charge is 0.411 e. The van der Waals surface area contributed by atoms with Crippen LogP contribution in [-0.4, -0.2) is 32.4 Å². The highest BCUT2D eigenvalue weighted by Gasteiger charge is 2.40. The van der Waals surface area contributed by atoms with E-state index in [1.165, 1.54) is 0 Å². The molecule has 1 heterocycles. The van der Waals surface area contributed by atoms with Crippen LogP contribution in [0.15, 0.2) is 0 Å². The molecule has 3 nitrogen and oxygen atoms in total. The molecule has 1 aliphatic heterocycles. The lowest BCUT2D eigenvalue weighted by Crippen LogP contribution is -2.44. The normalized spacial score (nSPS) is 29.6. The lowest BCUT2D eigenvalue weighted by molar-refractivity contribution is -0.0594. The Balaban J connectivity index is 2.51. The highest BCUT2D eigenvalue weighted by molar-refractivity contribution is 6.74. The highest BCUT2D eigenvalue weighted by atomic mass is 28.4. The molecule has 0 bridgehead atoms. The van der Waals surface area contributed by atoms with Crippen LogP contribution in [0.5, 0.6) is 0 Å². The maximum absolute atomic E-state index is 9.21. The molecule has 0 aromatic heterocycles. The van der Waals surface area contributed by atoms with Crippen LogP contribution < -0.4 is 0 Å². The second-order valence-corrected chi connectivity index (χ2v) is 10.3. The molecule has 14 heavy (non-hydrogen) atoms. The Morgan fingerprint density at radius 1 is 1.36 bits per heavy atom. The number of hydrogen-bond acceptors (Lipinski definition) is 3. The summed E-state index contributed by atoms with van der Waals surface area (Å²) in [4.78, 5) is 0. The van der Waals surface area contributed by atoms with E-state index in [1.807, 2.05) is 0 Å². The average Bonchev–Trinajstić information content (AvgIpc) is 2.31. The SMILES string of the molecule is CC(C)(C)[Si](C)(C)OC1COC(O)C1. The maximum atomic E-state index is 9.21. The third-order valence-corrected chi connectivity index (χ3v) is 7.74. The Labute approximate surface area is 87.5 Å². The molecule has 2 atom stereocenters. The van der Waals surface area contributed by atoms with Crippen molar-refractivity contribution >= 4 is 8.32 Å². The van der Waals surface area contributed by atoms with Gasteiger partial charge in [0.05, 0.1) is 12.7 Å². The Kier molecular flexibility index (Phi) is 3.41. The van der Waals surface area contributed by atoms with Crippen LogP contribution in [0.1, 0.15) is 27.2 Å². The van der Waals surface area contributed by atoms with Gasteiger partial charge in [-0.25, -0.2) is 0 Å². The zero-order valence-electron chi connectivity index (χ0n) is 9.83. The van der Waals surface area contributed by atoms with Crippen molar-refractivity contribution in [1.82, 2.24) is 0 Å². The zero-order chi connectivity index (χ0) is 11.0. The average molecular weight is 218 g/mol. The van der Waals surface area contributed by atoms with Gasteiger partial charge < -0.3 is 14.3 Å². The van der Waals surface area contributed by atoms with E-state index >= 15 is 0 Å². The number of hydrogen-bond donors (Lipinski definition) is 1. The van der Waals surface area contributed by atoms with Gasteiger partial charge in [0.25, 0.3) is 0 Å². The van der Waals surface area contributed by atoms with E-state index in [-0.39, 0.29) is 11.1 Å². The van der Waals surface area contributed by atoms with E-state index in [1.54, 1.807) is 0 Å². The van der Waals surface area contributed by atoms with Gasteiger partial charge in [0, 0.05) is 6.42 Å². The van der Waals surface area contributed by atoms with Gasteiger partial charge in [0.1, 0.15) is 0 Å². The summed E-state index contributed by atoms with van der Waals surface area (Å²) in [6.45, 7) is 11.6. The van der Waals surface area contributed by atoms with Crippen LogP contribution in [0.4, 0.5) is 0 Å². The Morgan fingerprint density at radius 2 is 1.93 bits per heavy atom. The predicted molar refractivity (Wildman–Crippen MR) is 58.6 cm³/mol. The summed E-state index contributed by atoms with van der Waals surface area (Å²) in [5.74, 6) is 0. The van der Waals surface area contributed by atoms with E-state index < -0.39 is 14.6 Å². The molecular weight excluding hydrogens is 196 g/mol. The van der Waals surface area contributed by atoms with Crippen molar-refractivity contribution < 1.29 is 14.3 Å². The van der Waals surface area contributed by atoms with Gasteiger partial charge >= 0.3 is 0 Å². The van der Waals surface area contributed by atoms with Crippen LogP contribution in [0.2, 0.25) is 18.1 Å². The van der Waals surface area contributed by atoms with Crippen LogP contribution in [0.25, 0.3) is 0 Å². The smallest absolute Gasteiger partial charge is 0.192 e. The monoisotopic (exact) mass is 218 g/mol. The molecule has 0 radical (unpaired) electrons. The van der Waals surface area contributed by atoms with Crippen molar-refractivity contribution in [3.8, 4) is 0 Å². The van der Waals surface area contributed by atoms with Crippen LogP contribution in [0.3, 0.4) is 0 Å². The van der Waals surface area contributed by atoms with Crippen LogP contribution >= 0.6 is 0 Å². The molecule has 0 spiro atoms. The van der Waals surface area contributed by atoms with Crippen LogP contribution in [0, 0.1) is 0 Å². The summed E-state index contributed by atoms with van der Waals surface area (Å²) in [5.41, 5.74) is 0. The minimum atomic E-state index is -1.69. The van der Waals surface area contributed by atoms with Crippen molar-refractivity contribution in [2.24, 2.45) is 0 Å². The van der Waals surface area contributed by atoms with Gasteiger partial charge in [0.15, 0.2) is 14.6 Å². The second kappa shape index (κ2) is 3.93. The fraction of sp³-hybridized carbons (Fsp3) is 1.00. The molecule has 0 aromatic rings. The standard InChI is InChI=1S/C10H22O3Si/c1-10(2,3)14(4,5)13-8-6-9(11)12-7-8/h8-9,11H,6-7H2,1-5H3. The molecule has 1 fully saturated rings. The van der Waals surface area contributed by atoms with Crippen molar-refractivity contribution in [2.75, 3.05) is 6.61 Å². The summed E-state index contributed by atoms with van der Waals surface area (Å²) in [5, 5.41) is 9.44. The molecule has 2 unspecified atom stereocenters. The minimum absolute atomic E-state index is 0.0888. The predicted octanol–water partition coefficient (Wildman–Crippen LogP) is 2.12. The summed E-state index contributed by atoms with van der Waals surface area (Å²) in [7, 11) is -1.69. The quantitative estimate of drug-likeness (QED) is 0.722. The van der Waals surface area contributed by atoms with Crippen molar-refractivity contribution in [1.29, 1.82) is 0 Å². The van der Waals surface area contributed by atoms with Gasteiger partial charge in [-0.3, -0.25) is 0 Å². The number of rotatable bonds is 2. The Bertz CT molecular complexity index is 198. The first-order valence-corrected chi connectivity index (χ1v) is 8.11. The number of ether oxygens (including phenoxy) is 1. The molecule has 84 valence electrons. The summed E-state index contributed by atoms with van der Waals surface area (Å²) in [6, 6.07) is 0. The fourth-order valence-electron chi connectivity index (χ4n) is 1.25. The Morgan fingerprint density at radius 3 is 2.29 bits per heavy atom. The topological polar surface area (TPSA) is 38.7 Å². The lowest BCUT2D eigenvalue weighted by Gasteiger charge is -2.38. The van der Waals surface area contributed by atoms with E-state index in [0.29, 0.717) is 13.0 Å². The van der Waals surface area contributed by atoms with Gasteiger partial charge in [-0.15, -0.1) is 0 Å². The van der Waals surface area contributed by atoms with Crippen molar-refractivity contribution in [3.63, 3.8) is 0 Å². The lowest BCUT2D eigenvalue weighted by atomic mass is 10.2. The molecule has 0 aliphatic carbocycles. The molecule has 1 saturated heterocycles. The van der Waals surface area contributed by atoms with E-state index in [9.17, 15) is 5.11 Å². The van der Waals surface area contributed by atoms with E-state index in [2.05, 4.69) is 33.9 Å². The molecular formula is C10H22O3Si. The Hall–Kier alpha value is 0.0969. The first-order chi connectivity index (χ1) is 6.22. The molecule has 0 amide bonds. The molecule has 1 N–H and O–H groups in total. The van der Waals surface area contributed by atoms with E-state index in [0.717, 1.165) is 0 Å². The summed E-state index contributed by atoms with van der Waals surface area (Å²) in [6.07, 6.45) is 0.0858. The maximum Gasteiger partial charge on any atom is 0.192 e. The van der Waals surface area contributed by atoms with E-state index in [4.69, 9.17) is 9.16 Å². The molecule has 1 rings (SSSR count). The molecule has 4 heteroatoms. The van der Waals surface area contributed by atoms with Gasteiger partial charge in [-0.2, -0.15) is 0 Å². The first-order valence-electron chi connectivity index (χ1n) is 5.20. The fourth-order valence-corrected chi connectivity index (χ4v) is 2.61. The number of aliphatic hydroxyl groups excluding tert-OH is 1. The highest BCUT2D eigenvalue weighted by Crippen LogP contribution is 2.38. The molecule has 1 aliphatic rings. The minimum Gasteiger partial charge on any atom is -0.411 e. The summed E-state index contributed by atoms with van der Waals surface area (Å²) < 4.78 is 11.2. The van der Waals surface area contributed by atoms with Gasteiger partial charge in [0.2, 0.25) is 0 Å². The number of aliphatic hydroxyl groups is 1. The molecule has 0 aromatic carbocycles. The first kappa shape index (κ1) is 12.2. The van der Waals surface area contributed by atoms with Gasteiger partial charge in [-0.05, 0) is 18.1 Å². The zero-order valence-corrected chi connectivity index (χ0v) is 10.8. The van der Waals surface area contributed by atoms with Crippen molar-refractivity contribution in [3.05, 3.63) is 0 Å². The third kappa shape index (κ3) is 2.79. The second-order valence-electron chi connectivity index (χ2n) is 5.52. The van der Waals surface area contributed by atoms with Crippen LogP contribution in [-0.2, 0) is 9.16 Å². The third-order valence-electron chi connectivity index (χ3n) is 3.21.